The molecule has 1 saturated heterocycles. The van der Waals surface area contributed by atoms with Gasteiger partial charge in [-0.25, -0.2) is 14.8 Å². The molecule has 0 radical (unpaired) electrons. The summed E-state index contributed by atoms with van der Waals surface area (Å²) in [4.78, 5) is 21.7. The summed E-state index contributed by atoms with van der Waals surface area (Å²) in [6, 6.07) is 7.81. The van der Waals surface area contributed by atoms with Crippen LogP contribution in [0.5, 0.6) is 0 Å². The van der Waals surface area contributed by atoms with Gasteiger partial charge in [0.15, 0.2) is 6.23 Å². The molecule has 11 heteroatoms. The van der Waals surface area contributed by atoms with Crippen LogP contribution in [0.15, 0.2) is 42.9 Å². The summed E-state index contributed by atoms with van der Waals surface area (Å²) >= 11 is 5.89. The van der Waals surface area contributed by atoms with Crippen molar-refractivity contribution in [2.24, 2.45) is 0 Å². The lowest BCUT2D eigenvalue weighted by Crippen LogP contribution is -2.34. The van der Waals surface area contributed by atoms with Crippen molar-refractivity contribution in [1.82, 2.24) is 19.4 Å². The fourth-order valence-electron chi connectivity index (χ4n) is 3.51. The molecule has 1 aromatic carbocycles. The first kappa shape index (κ1) is 21.5. The van der Waals surface area contributed by atoms with Crippen molar-refractivity contribution in [3.63, 3.8) is 0 Å². The van der Waals surface area contributed by atoms with Crippen LogP contribution in [-0.2, 0) is 4.74 Å². The largest absolute Gasteiger partial charge is 0.387 e. The molecule has 10 nitrogen and oxygen atoms in total. The van der Waals surface area contributed by atoms with Crippen molar-refractivity contribution in [3.05, 3.63) is 53.4 Å². The number of halogens is 1. The lowest BCUT2D eigenvalue weighted by molar-refractivity contribution is -0.0848. The highest BCUT2D eigenvalue weighted by Crippen LogP contribution is 2.38. The number of ether oxygens (including phenoxy) is 1. The van der Waals surface area contributed by atoms with Gasteiger partial charge in [-0.1, -0.05) is 23.7 Å². The van der Waals surface area contributed by atoms with Gasteiger partial charge in [0, 0.05) is 25.3 Å². The van der Waals surface area contributed by atoms with Gasteiger partial charge >= 0.3 is 6.03 Å². The van der Waals surface area contributed by atoms with Gasteiger partial charge in [0.2, 0.25) is 0 Å². The highest BCUT2D eigenvalue weighted by atomic mass is 35.5. The molecular formula is C20H22ClN5O5. The SMILES string of the molecule is CN(C)C(=O)Nc1ncnc2c1ccn2[C@@H]1O[C@H](C(O)c2ccc(Cl)cc2)[C@@H](O)[C@H]1O. The zero-order valence-electron chi connectivity index (χ0n) is 16.8. The number of hydrogen-bond donors (Lipinski definition) is 4. The number of amides is 2. The molecule has 1 unspecified atom stereocenters. The molecule has 31 heavy (non-hydrogen) atoms. The number of aliphatic hydroxyl groups is 3. The molecule has 2 amide bonds. The Morgan fingerprint density at radius 1 is 1.19 bits per heavy atom. The summed E-state index contributed by atoms with van der Waals surface area (Å²) in [7, 11) is 3.21. The Labute approximate surface area is 182 Å². The maximum Gasteiger partial charge on any atom is 0.322 e. The number of anilines is 1. The van der Waals surface area contributed by atoms with Crippen LogP contribution in [0.2, 0.25) is 5.02 Å². The fraction of sp³-hybridized carbons (Fsp3) is 0.350. The van der Waals surface area contributed by atoms with Gasteiger partial charge in [0.1, 0.15) is 42.2 Å². The molecule has 0 saturated carbocycles. The second-order valence-electron chi connectivity index (χ2n) is 7.48. The monoisotopic (exact) mass is 447 g/mol. The number of carbonyl (C=O) groups excluding carboxylic acids is 1. The second kappa shape index (κ2) is 8.40. The van der Waals surface area contributed by atoms with E-state index >= 15 is 0 Å². The first-order valence-electron chi connectivity index (χ1n) is 9.53. The third-order valence-corrected chi connectivity index (χ3v) is 5.46. The molecule has 0 spiro atoms. The second-order valence-corrected chi connectivity index (χ2v) is 7.91. The van der Waals surface area contributed by atoms with Crippen molar-refractivity contribution >= 4 is 34.5 Å². The normalized spacial score (nSPS) is 24.3. The molecule has 3 aromatic rings. The lowest BCUT2D eigenvalue weighted by Gasteiger charge is -2.21. The summed E-state index contributed by atoms with van der Waals surface area (Å²) in [5.41, 5.74) is 0.886. The third kappa shape index (κ3) is 3.95. The van der Waals surface area contributed by atoms with Gasteiger partial charge in [0.25, 0.3) is 0 Å². The van der Waals surface area contributed by atoms with E-state index in [1.807, 2.05) is 0 Å². The summed E-state index contributed by atoms with van der Waals surface area (Å²) in [6.45, 7) is 0. The Morgan fingerprint density at radius 2 is 1.90 bits per heavy atom. The number of benzene rings is 1. The van der Waals surface area contributed by atoms with Gasteiger partial charge < -0.3 is 29.5 Å². The van der Waals surface area contributed by atoms with E-state index in [4.69, 9.17) is 16.3 Å². The molecule has 1 fully saturated rings. The minimum Gasteiger partial charge on any atom is -0.387 e. The number of aromatic nitrogens is 3. The van der Waals surface area contributed by atoms with Gasteiger partial charge in [-0.05, 0) is 23.8 Å². The first-order valence-corrected chi connectivity index (χ1v) is 9.90. The van der Waals surface area contributed by atoms with Crippen molar-refractivity contribution in [3.8, 4) is 0 Å². The highest BCUT2D eigenvalue weighted by molar-refractivity contribution is 6.30. The van der Waals surface area contributed by atoms with Crippen LogP contribution < -0.4 is 5.32 Å². The van der Waals surface area contributed by atoms with Crippen LogP contribution in [0, 0.1) is 0 Å². The Morgan fingerprint density at radius 3 is 2.58 bits per heavy atom. The summed E-state index contributed by atoms with van der Waals surface area (Å²) < 4.78 is 7.40. The molecule has 5 atom stereocenters. The first-order chi connectivity index (χ1) is 14.8. The minimum absolute atomic E-state index is 0.299. The number of carbonyl (C=O) groups is 1. The van der Waals surface area contributed by atoms with E-state index in [1.54, 1.807) is 50.6 Å². The zero-order valence-corrected chi connectivity index (χ0v) is 17.5. The van der Waals surface area contributed by atoms with E-state index in [1.165, 1.54) is 15.8 Å². The Kier molecular flexibility index (Phi) is 5.82. The number of aliphatic hydroxyl groups excluding tert-OH is 3. The number of urea groups is 1. The van der Waals surface area contributed by atoms with Crippen LogP contribution >= 0.6 is 11.6 Å². The number of fused-ring (bicyclic) bond motifs is 1. The minimum atomic E-state index is -1.34. The van der Waals surface area contributed by atoms with Gasteiger partial charge in [-0.2, -0.15) is 0 Å². The van der Waals surface area contributed by atoms with Gasteiger partial charge in [-0.3, -0.25) is 5.32 Å². The van der Waals surface area contributed by atoms with Crippen molar-refractivity contribution in [2.45, 2.75) is 30.6 Å². The van der Waals surface area contributed by atoms with Crippen LogP contribution in [0.4, 0.5) is 10.6 Å². The van der Waals surface area contributed by atoms with Gasteiger partial charge in [0.05, 0.1) is 5.39 Å². The Hall–Kier alpha value is -2.76. The number of nitrogens with zero attached hydrogens (tertiary/aromatic N) is 4. The molecule has 4 N–H and O–H groups in total. The van der Waals surface area contributed by atoms with Gasteiger partial charge in [-0.15, -0.1) is 0 Å². The maximum absolute atomic E-state index is 12.0. The zero-order chi connectivity index (χ0) is 22.3. The molecule has 0 aliphatic carbocycles. The molecule has 1 aliphatic rings. The predicted molar refractivity (Wildman–Crippen MR) is 113 cm³/mol. The topological polar surface area (TPSA) is 133 Å². The molecule has 1 aliphatic heterocycles. The third-order valence-electron chi connectivity index (χ3n) is 5.21. The van der Waals surface area contributed by atoms with Crippen LogP contribution in [-0.4, -0.2) is 73.2 Å². The smallest absolute Gasteiger partial charge is 0.322 e. The maximum atomic E-state index is 12.0. The molecule has 4 rings (SSSR count). The average Bonchev–Trinajstić information content (AvgIpc) is 3.30. The molecule has 164 valence electrons. The lowest BCUT2D eigenvalue weighted by atomic mass is 9.99. The standard InChI is InChI=1S/C20H22ClN5O5/c1-25(2)20(30)24-17-12-7-8-26(18(12)23-9-22-17)19-15(29)14(28)16(31-19)13(27)10-3-5-11(21)6-4-10/h3-9,13-16,19,27-29H,1-2H3,(H,22,23,24,30)/t13?,14-,15+,16+,19+/m0/s1. The predicted octanol–water partition coefficient (Wildman–Crippen LogP) is 1.53. The highest BCUT2D eigenvalue weighted by Gasteiger charge is 2.47. The number of hydrogen-bond acceptors (Lipinski definition) is 7. The van der Waals surface area contributed by atoms with E-state index in [0.29, 0.717) is 27.4 Å². The van der Waals surface area contributed by atoms with Crippen molar-refractivity contribution in [2.75, 3.05) is 19.4 Å². The van der Waals surface area contributed by atoms with Crippen LogP contribution in [0.1, 0.15) is 17.9 Å². The summed E-state index contributed by atoms with van der Waals surface area (Å²) in [5.74, 6) is 0.299. The molecular weight excluding hydrogens is 426 g/mol. The average molecular weight is 448 g/mol. The Balaban J connectivity index is 1.62. The fourth-order valence-corrected chi connectivity index (χ4v) is 3.64. The number of rotatable bonds is 4. The summed E-state index contributed by atoms with van der Waals surface area (Å²) in [6.07, 6.45) is -3.04. The van der Waals surface area contributed by atoms with Crippen LogP contribution in [0.25, 0.3) is 11.0 Å². The number of nitrogens with one attached hydrogen (secondary N) is 1. The van der Waals surface area contributed by atoms with Crippen molar-refractivity contribution < 1.29 is 24.9 Å². The van der Waals surface area contributed by atoms with E-state index in [2.05, 4.69) is 15.3 Å². The van der Waals surface area contributed by atoms with E-state index in [9.17, 15) is 20.1 Å². The molecule has 3 heterocycles. The van der Waals surface area contributed by atoms with E-state index in [0.717, 1.165) is 0 Å². The van der Waals surface area contributed by atoms with Crippen LogP contribution in [0.3, 0.4) is 0 Å². The van der Waals surface area contributed by atoms with E-state index in [-0.39, 0.29) is 6.03 Å². The quantitative estimate of drug-likeness (QED) is 0.476. The Bertz CT molecular complexity index is 1090. The van der Waals surface area contributed by atoms with Crippen molar-refractivity contribution in [1.29, 1.82) is 0 Å². The van der Waals surface area contributed by atoms with E-state index < -0.39 is 30.6 Å². The summed E-state index contributed by atoms with van der Waals surface area (Å²) in [5, 5.41) is 35.6. The molecule has 0 bridgehead atoms. The molecule has 2 aromatic heterocycles.